The average molecular weight is 581 g/mol. The molecule has 2 aromatic heterocycles. The quantitative estimate of drug-likeness (QED) is 0.123. The van der Waals surface area contributed by atoms with Crippen LogP contribution in [-0.4, -0.2) is 34.3 Å². The van der Waals surface area contributed by atoms with Crippen molar-refractivity contribution in [1.82, 2.24) is 14.9 Å². The molecule has 0 aliphatic carbocycles. The first-order valence-corrected chi connectivity index (χ1v) is 14.6. The number of allylic oxidation sites excluding steroid dienone is 6. The van der Waals surface area contributed by atoms with Crippen LogP contribution in [0.3, 0.4) is 0 Å². The lowest BCUT2D eigenvalue weighted by Crippen LogP contribution is -2.25. The highest BCUT2D eigenvalue weighted by Gasteiger charge is 2.12. The molecule has 0 fully saturated rings. The van der Waals surface area contributed by atoms with E-state index in [0.717, 1.165) is 50.9 Å². The first-order valence-electron chi connectivity index (χ1n) is 14.6. The summed E-state index contributed by atoms with van der Waals surface area (Å²) in [5, 5.41) is 0. The summed E-state index contributed by atoms with van der Waals surface area (Å²) in [6, 6.07) is 21.0. The first-order chi connectivity index (χ1) is 21.4. The van der Waals surface area contributed by atoms with Crippen LogP contribution in [0.5, 0.6) is 0 Å². The van der Waals surface area contributed by atoms with Crippen LogP contribution in [0.15, 0.2) is 146 Å². The Morgan fingerprint density at radius 2 is 1.61 bits per heavy atom. The van der Waals surface area contributed by atoms with Crippen LogP contribution in [0.1, 0.15) is 25.3 Å². The number of hydrogen-bond donors (Lipinski definition) is 2. The van der Waals surface area contributed by atoms with E-state index in [1.165, 1.54) is 0 Å². The maximum Gasteiger partial charge on any atom is 0.123 e. The Morgan fingerprint density at radius 3 is 2.30 bits per heavy atom. The minimum absolute atomic E-state index is 0.154. The van der Waals surface area contributed by atoms with Gasteiger partial charge in [-0.3, -0.25) is 15.0 Å². The fourth-order valence-electron chi connectivity index (χ4n) is 4.80. The summed E-state index contributed by atoms with van der Waals surface area (Å²) in [5.74, 6) is 0. The fourth-order valence-corrected chi connectivity index (χ4v) is 4.80. The van der Waals surface area contributed by atoms with Crippen LogP contribution in [-0.2, 0) is 0 Å². The highest BCUT2D eigenvalue weighted by Crippen LogP contribution is 2.34. The molecular weight excluding hydrogens is 540 g/mol. The Bertz CT molecular complexity index is 1700. The molecule has 0 spiro atoms. The summed E-state index contributed by atoms with van der Waals surface area (Å²) in [6.07, 6.45) is 21.8. The summed E-state index contributed by atoms with van der Waals surface area (Å²) in [6.45, 7) is 9.96. The van der Waals surface area contributed by atoms with Gasteiger partial charge in [0.25, 0.3) is 0 Å². The number of nitrogen functional groups attached to an aromatic ring is 1. The molecule has 0 radical (unpaired) electrons. The van der Waals surface area contributed by atoms with Crippen molar-refractivity contribution in [3.8, 4) is 33.4 Å². The molecule has 2 aromatic carbocycles. The molecule has 6 heteroatoms. The van der Waals surface area contributed by atoms with E-state index < -0.39 is 0 Å². The van der Waals surface area contributed by atoms with E-state index in [0.29, 0.717) is 17.8 Å². The highest BCUT2D eigenvalue weighted by atomic mass is 15.2. The lowest BCUT2D eigenvalue weighted by molar-refractivity contribution is 0.343. The van der Waals surface area contributed by atoms with E-state index in [2.05, 4.69) is 84.7 Å². The second-order valence-electron chi connectivity index (χ2n) is 10.3. The van der Waals surface area contributed by atoms with Crippen molar-refractivity contribution in [1.29, 1.82) is 0 Å². The van der Waals surface area contributed by atoms with Gasteiger partial charge in [0, 0.05) is 67.5 Å². The maximum atomic E-state index is 6.10. The molecule has 4 rings (SSSR count). The summed E-state index contributed by atoms with van der Waals surface area (Å²) < 4.78 is 0. The average Bonchev–Trinajstić information content (AvgIpc) is 3.05. The fraction of sp³-hybridized carbons (Fsp3) is 0.132. The predicted octanol–water partition coefficient (Wildman–Crippen LogP) is 8.30. The largest absolute Gasteiger partial charge is 0.398 e. The zero-order valence-electron chi connectivity index (χ0n) is 25.5. The number of nitrogens with two attached hydrogens (primary N) is 2. The van der Waals surface area contributed by atoms with E-state index in [1.54, 1.807) is 24.7 Å². The van der Waals surface area contributed by atoms with Crippen molar-refractivity contribution in [2.45, 2.75) is 25.9 Å². The summed E-state index contributed by atoms with van der Waals surface area (Å²) in [7, 11) is 1.99. The second-order valence-corrected chi connectivity index (χ2v) is 10.3. The van der Waals surface area contributed by atoms with Crippen LogP contribution in [0.25, 0.3) is 39.0 Å². The van der Waals surface area contributed by atoms with Crippen LogP contribution < -0.4 is 11.5 Å². The lowest BCUT2D eigenvalue weighted by Gasteiger charge is -2.22. The van der Waals surface area contributed by atoms with Gasteiger partial charge >= 0.3 is 0 Å². The Kier molecular flexibility index (Phi) is 11.2. The van der Waals surface area contributed by atoms with Gasteiger partial charge in [0.2, 0.25) is 0 Å². The molecule has 6 nitrogen and oxygen atoms in total. The summed E-state index contributed by atoms with van der Waals surface area (Å²) >= 11 is 0. The van der Waals surface area contributed by atoms with Crippen molar-refractivity contribution >= 4 is 17.5 Å². The number of nitrogens with zero attached hydrogens (tertiary/aromatic N) is 4. The molecule has 44 heavy (non-hydrogen) atoms. The SMILES string of the molecule is C=C/C=C\N(C)C(C/C=C(\C=C)c1cccc(-c2cc(-c3cccnc3)cc(-c3cncc(N)c3)c2)c1)N=C/C(N)=C\CC. The van der Waals surface area contributed by atoms with Crippen molar-refractivity contribution in [3.63, 3.8) is 0 Å². The van der Waals surface area contributed by atoms with E-state index in [1.807, 2.05) is 60.9 Å². The van der Waals surface area contributed by atoms with Crippen LogP contribution in [0.2, 0.25) is 0 Å². The number of aliphatic imine (C=N–C) groups is 1. The molecule has 1 unspecified atom stereocenters. The molecule has 2 heterocycles. The third-order valence-electron chi connectivity index (χ3n) is 7.08. The number of benzene rings is 2. The van der Waals surface area contributed by atoms with Gasteiger partial charge in [-0.25, -0.2) is 0 Å². The third kappa shape index (κ3) is 8.52. The third-order valence-corrected chi connectivity index (χ3v) is 7.08. The predicted molar refractivity (Wildman–Crippen MR) is 187 cm³/mol. The van der Waals surface area contributed by atoms with Crippen LogP contribution >= 0.6 is 0 Å². The second kappa shape index (κ2) is 15.7. The van der Waals surface area contributed by atoms with E-state index in [4.69, 9.17) is 16.5 Å². The number of anilines is 1. The van der Waals surface area contributed by atoms with Crippen molar-refractivity contribution in [2.24, 2.45) is 10.7 Å². The van der Waals surface area contributed by atoms with Gasteiger partial charge in [-0.05, 0) is 82.3 Å². The van der Waals surface area contributed by atoms with Crippen LogP contribution in [0, 0.1) is 0 Å². The van der Waals surface area contributed by atoms with Gasteiger partial charge in [0.1, 0.15) is 6.17 Å². The van der Waals surface area contributed by atoms with Gasteiger partial charge in [0.05, 0.1) is 5.69 Å². The molecule has 0 saturated heterocycles. The van der Waals surface area contributed by atoms with Gasteiger partial charge in [-0.2, -0.15) is 0 Å². The first kappa shape index (κ1) is 31.4. The topological polar surface area (TPSA) is 93.4 Å². The molecule has 0 bridgehead atoms. The highest BCUT2D eigenvalue weighted by molar-refractivity contribution is 5.83. The molecule has 4 aromatic rings. The Balaban J connectivity index is 1.72. The lowest BCUT2D eigenvalue weighted by atomic mass is 9.92. The van der Waals surface area contributed by atoms with Crippen molar-refractivity contribution in [3.05, 3.63) is 146 Å². The molecule has 0 amide bonds. The van der Waals surface area contributed by atoms with Gasteiger partial charge in [-0.1, -0.05) is 68.7 Å². The molecule has 1 atom stereocenters. The van der Waals surface area contributed by atoms with Gasteiger partial charge in [-0.15, -0.1) is 0 Å². The number of aromatic nitrogens is 2. The molecule has 0 saturated carbocycles. The summed E-state index contributed by atoms with van der Waals surface area (Å²) in [5.41, 5.74) is 21.8. The monoisotopic (exact) mass is 580 g/mol. The van der Waals surface area contributed by atoms with Crippen LogP contribution in [0.4, 0.5) is 5.69 Å². The normalized spacial score (nSPS) is 12.9. The number of pyridine rings is 2. The van der Waals surface area contributed by atoms with E-state index >= 15 is 0 Å². The zero-order chi connectivity index (χ0) is 31.3. The van der Waals surface area contributed by atoms with E-state index in [-0.39, 0.29) is 6.17 Å². The minimum atomic E-state index is -0.154. The Labute approximate surface area is 261 Å². The minimum Gasteiger partial charge on any atom is -0.398 e. The molecule has 0 aliphatic rings. The Hall–Kier alpha value is -5.49. The van der Waals surface area contributed by atoms with Gasteiger partial charge < -0.3 is 16.4 Å². The summed E-state index contributed by atoms with van der Waals surface area (Å²) in [4.78, 5) is 15.5. The van der Waals surface area contributed by atoms with E-state index in [9.17, 15) is 0 Å². The molecular formula is C38H40N6. The molecule has 4 N–H and O–H groups in total. The number of hydrogen-bond acceptors (Lipinski definition) is 6. The molecule has 0 aliphatic heterocycles. The smallest absolute Gasteiger partial charge is 0.123 e. The van der Waals surface area contributed by atoms with Crippen molar-refractivity contribution in [2.75, 3.05) is 12.8 Å². The van der Waals surface area contributed by atoms with Crippen molar-refractivity contribution < 1.29 is 0 Å². The zero-order valence-corrected chi connectivity index (χ0v) is 25.5. The standard InChI is InChI=1S/C38H40N6/c1-5-8-18-44(4)38(43-27-36(39)11-6-2)16-15-28(7-3)29-12-9-13-30(19-29)32-20-33(31-14-10-17-41-24-31)22-34(21-32)35-23-37(40)26-42-25-35/h5,7-15,17-27,38H,1,3,6,16,39-40H2,2,4H3/b18-8-,28-15+,36-11+,43-27?. The Morgan fingerprint density at radius 1 is 0.886 bits per heavy atom. The number of rotatable bonds is 13. The maximum absolute atomic E-state index is 6.10. The molecule has 222 valence electrons. The van der Waals surface area contributed by atoms with Gasteiger partial charge in [0.15, 0.2) is 0 Å².